The molecule has 3 aromatic rings. The first kappa shape index (κ1) is 24.0. The number of nitrogens with one attached hydrogen (secondary N) is 1. The van der Waals surface area contributed by atoms with E-state index in [0.717, 1.165) is 21.8 Å². The molecule has 0 aromatic heterocycles. The Morgan fingerprint density at radius 3 is 2.27 bits per heavy atom. The van der Waals surface area contributed by atoms with Gasteiger partial charge < -0.3 is 10.2 Å². The molecule has 0 aliphatic carbocycles. The third kappa shape index (κ3) is 6.48. The zero-order chi connectivity index (χ0) is 23.2. The first-order chi connectivity index (χ1) is 16.0. The molecule has 2 amide bonds. The molecule has 8 heteroatoms. The maximum atomic E-state index is 12.5. The van der Waals surface area contributed by atoms with Gasteiger partial charge in [-0.1, -0.05) is 47.5 Å². The molecule has 1 aliphatic rings. The van der Waals surface area contributed by atoms with E-state index in [1.165, 1.54) is 0 Å². The molecule has 0 unspecified atom stereocenters. The van der Waals surface area contributed by atoms with Gasteiger partial charge in [-0.25, -0.2) is 0 Å². The van der Waals surface area contributed by atoms with Gasteiger partial charge in [-0.2, -0.15) is 0 Å². The zero-order valence-electron chi connectivity index (χ0n) is 17.7. The van der Waals surface area contributed by atoms with Gasteiger partial charge in [0.2, 0.25) is 5.91 Å². The lowest BCUT2D eigenvalue weighted by atomic mass is 10.1. The fourth-order valence-electron chi connectivity index (χ4n) is 3.45. The second kappa shape index (κ2) is 11.3. The Kier molecular flexibility index (Phi) is 8.25. The highest BCUT2D eigenvalue weighted by Crippen LogP contribution is 2.39. The molecule has 33 heavy (non-hydrogen) atoms. The standard InChI is InChI=1S/C25H22Cl2N2O2S2/c26-20-7-1-17(2-8-20)15-29-23(30)16-33-25(29)19-5-3-18(4-6-19)24(31)28-13-14-32-22-11-9-21(27)10-12-22/h1-12,25H,13-16H2,(H,28,31)/t25-/m0/s1. The number of amides is 2. The van der Waals surface area contributed by atoms with Crippen molar-refractivity contribution >= 4 is 58.5 Å². The molecule has 170 valence electrons. The summed E-state index contributed by atoms with van der Waals surface area (Å²) in [7, 11) is 0. The van der Waals surface area contributed by atoms with Crippen molar-refractivity contribution in [2.24, 2.45) is 0 Å². The van der Waals surface area contributed by atoms with E-state index in [-0.39, 0.29) is 17.2 Å². The number of carbonyl (C=O) groups excluding carboxylic acids is 2. The second-order valence-corrected chi connectivity index (χ2v) is 10.6. The minimum atomic E-state index is -0.105. The first-order valence-electron chi connectivity index (χ1n) is 10.4. The predicted molar refractivity (Wildman–Crippen MR) is 138 cm³/mol. The lowest BCUT2D eigenvalue weighted by molar-refractivity contribution is -0.128. The third-order valence-corrected chi connectivity index (χ3v) is 7.94. The number of hydrogen-bond acceptors (Lipinski definition) is 4. The van der Waals surface area contributed by atoms with Crippen LogP contribution in [0.25, 0.3) is 0 Å². The van der Waals surface area contributed by atoms with Crippen LogP contribution in [0.2, 0.25) is 10.0 Å². The van der Waals surface area contributed by atoms with Gasteiger partial charge >= 0.3 is 0 Å². The Morgan fingerprint density at radius 1 is 0.970 bits per heavy atom. The highest BCUT2D eigenvalue weighted by Gasteiger charge is 2.32. The fourth-order valence-corrected chi connectivity index (χ4v) is 5.66. The summed E-state index contributed by atoms with van der Waals surface area (Å²) in [5, 5.41) is 4.28. The third-order valence-electron chi connectivity index (χ3n) is 5.16. The van der Waals surface area contributed by atoms with Gasteiger partial charge in [0.05, 0.1) is 5.75 Å². The smallest absolute Gasteiger partial charge is 0.251 e. The Bertz CT molecular complexity index is 1110. The molecule has 0 spiro atoms. The summed E-state index contributed by atoms with van der Waals surface area (Å²) < 4.78 is 0. The highest BCUT2D eigenvalue weighted by molar-refractivity contribution is 8.00. The fraction of sp³-hybridized carbons (Fsp3) is 0.200. The second-order valence-electron chi connectivity index (χ2n) is 7.49. The van der Waals surface area contributed by atoms with Gasteiger partial charge in [0.15, 0.2) is 0 Å². The number of rotatable bonds is 8. The summed E-state index contributed by atoms with van der Waals surface area (Å²) >= 11 is 15.1. The molecule has 1 heterocycles. The Hall–Kier alpha value is -2.12. The monoisotopic (exact) mass is 516 g/mol. The number of nitrogens with zero attached hydrogens (tertiary/aromatic N) is 1. The van der Waals surface area contributed by atoms with Crippen molar-refractivity contribution in [2.45, 2.75) is 16.8 Å². The van der Waals surface area contributed by atoms with Crippen LogP contribution in [0.4, 0.5) is 0 Å². The molecule has 1 N–H and O–H groups in total. The van der Waals surface area contributed by atoms with Crippen LogP contribution in [0.5, 0.6) is 0 Å². The molecule has 3 aromatic carbocycles. The van der Waals surface area contributed by atoms with Crippen LogP contribution in [-0.2, 0) is 11.3 Å². The predicted octanol–water partition coefficient (Wildman–Crippen LogP) is 6.29. The van der Waals surface area contributed by atoms with Gasteiger partial charge in [-0.15, -0.1) is 23.5 Å². The van der Waals surface area contributed by atoms with Crippen LogP contribution in [0.15, 0.2) is 77.7 Å². The van der Waals surface area contributed by atoms with Gasteiger partial charge in [0, 0.05) is 39.3 Å². The van der Waals surface area contributed by atoms with Crippen molar-refractivity contribution in [3.05, 3.63) is 99.5 Å². The van der Waals surface area contributed by atoms with Crippen molar-refractivity contribution in [2.75, 3.05) is 18.1 Å². The summed E-state index contributed by atoms with van der Waals surface area (Å²) in [5.74, 6) is 1.23. The van der Waals surface area contributed by atoms with E-state index in [1.807, 2.05) is 77.7 Å². The number of hydrogen-bond donors (Lipinski definition) is 1. The van der Waals surface area contributed by atoms with E-state index in [9.17, 15) is 9.59 Å². The summed E-state index contributed by atoms with van der Waals surface area (Å²) in [6.45, 7) is 1.09. The van der Waals surface area contributed by atoms with Crippen LogP contribution in [0.1, 0.15) is 26.9 Å². The number of benzene rings is 3. The Balaban J connectivity index is 1.31. The molecule has 4 rings (SSSR count). The van der Waals surface area contributed by atoms with E-state index < -0.39 is 0 Å². The molecule has 1 saturated heterocycles. The van der Waals surface area contributed by atoms with Crippen LogP contribution < -0.4 is 5.32 Å². The molecular weight excluding hydrogens is 495 g/mol. The van der Waals surface area contributed by atoms with E-state index in [4.69, 9.17) is 23.2 Å². The molecule has 0 radical (unpaired) electrons. The quantitative estimate of drug-likeness (QED) is 0.282. The average Bonchev–Trinajstić information content (AvgIpc) is 3.19. The lowest BCUT2D eigenvalue weighted by Gasteiger charge is -2.24. The zero-order valence-corrected chi connectivity index (χ0v) is 20.8. The summed E-state index contributed by atoms with van der Waals surface area (Å²) in [4.78, 5) is 28.0. The maximum absolute atomic E-state index is 12.5. The van der Waals surface area contributed by atoms with E-state index in [2.05, 4.69) is 5.32 Å². The number of carbonyl (C=O) groups is 2. The molecule has 1 fully saturated rings. The van der Waals surface area contributed by atoms with Crippen molar-refractivity contribution in [1.82, 2.24) is 10.2 Å². The maximum Gasteiger partial charge on any atom is 0.251 e. The number of halogens is 2. The lowest BCUT2D eigenvalue weighted by Crippen LogP contribution is -2.28. The summed E-state index contributed by atoms with van der Waals surface area (Å²) in [6.07, 6.45) is 0. The molecular formula is C25H22Cl2N2O2S2. The van der Waals surface area contributed by atoms with Crippen LogP contribution >= 0.6 is 46.7 Å². The van der Waals surface area contributed by atoms with Crippen molar-refractivity contribution in [3.63, 3.8) is 0 Å². The normalized spacial score (nSPS) is 15.6. The van der Waals surface area contributed by atoms with E-state index in [0.29, 0.717) is 34.5 Å². The first-order valence-corrected chi connectivity index (χ1v) is 13.2. The average molecular weight is 518 g/mol. The molecule has 4 nitrogen and oxygen atoms in total. The van der Waals surface area contributed by atoms with E-state index >= 15 is 0 Å². The molecule has 1 aliphatic heterocycles. The van der Waals surface area contributed by atoms with Crippen molar-refractivity contribution < 1.29 is 9.59 Å². The minimum absolute atomic E-state index is 0.0685. The molecule has 1 atom stereocenters. The highest BCUT2D eigenvalue weighted by atomic mass is 35.5. The molecule has 0 saturated carbocycles. The van der Waals surface area contributed by atoms with Crippen LogP contribution in [0, 0.1) is 0 Å². The van der Waals surface area contributed by atoms with Gasteiger partial charge in [0.25, 0.3) is 5.91 Å². The minimum Gasteiger partial charge on any atom is -0.351 e. The summed E-state index contributed by atoms with van der Waals surface area (Å²) in [6, 6.07) is 22.7. The van der Waals surface area contributed by atoms with Crippen molar-refractivity contribution in [3.8, 4) is 0 Å². The Morgan fingerprint density at radius 2 is 1.61 bits per heavy atom. The topological polar surface area (TPSA) is 49.4 Å². The van der Waals surface area contributed by atoms with E-state index in [1.54, 1.807) is 23.5 Å². The van der Waals surface area contributed by atoms with Gasteiger partial charge in [-0.3, -0.25) is 9.59 Å². The molecule has 0 bridgehead atoms. The van der Waals surface area contributed by atoms with Crippen LogP contribution in [-0.4, -0.2) is 34.8 Å². The summed E-state index contributed by atoms with van der Waals surface area (Å²) in [5.41, 5.74) is 2.65. The van der Waals surface area contributed by atoms with Gasteiger partial charge in [-0.05, 0) is 59.7 Å². The SMILES string of the molecule is O=C(NCCSc1ccc(Cl)cc1)c1ccc([C@@H]2SCC(=O)N2Cc2ccc(Cl)cc2)cc1. The largest absolute Gasteiger partial charge is 0.351 e. The van der Waals surface area contributed by atoms with Gasteiger partial charge in [0.1, 0.15) is 5.37 Å². The van der Waals surface area contributed by atoms with Crippen LogP contribution in [0.3, 0.4) is 0 Å². The van der Waals surface area contributed by atoms with Crippen molar-refractivity contribution in [1.29, 1.82) is 0 Å². The Labute approximate surface area is 212 Å². The number of thioether (sulfide) groups is 2.